The van der Waals surface area contributed by atoms with Crippen molar-refractivity contribution in [2.45, 2.75) is 13.2 Å². The molecule has 0 saturated carbocycles. The fraction of sp³-hybridized carbons (Fsp3) is 0.250. The quantitative estimate of drug-likeness (QED) is 0.616. The van der Waals surface area contributed by atoms with E-state index in [1.54, 1.807) is 14.2 Å². The zero-order valence-electron chi connectivity index (χ0n) is 12.9. The van der Waals surface area contributed by atoms with Crippen LogP contribution >= 0.6 is 17.1 Å². The second-order valence-electron chi connectivity index (χ2n) is 4.67. The van der Waals surface area contributed by atoms with Gasteiger partial charge in [-0.05, 0) is 58.4 Å². The van der Waals surface area contributed by atoms with Crippen molar-refractivity contribution in [1.29, 1.82) is 0 Å². The summed E-state index contributed by atoms with van der Waals surface area (Å²) in [5.41, 5.74) is 1.91. The van der Waals surface area contributed by atoms with Crippen molar-refractivity contribution < 1.29 is 18.5 Å². The Kier molecular flexibility index (Phi) is 6.88. The number of rotatable bonds is 8. The predicted molar refractivity (Wildman–Crippen MR) is 95.7 cm³/mol. The molecular formula is C16H18ClO4PS. The van der Waals surface area contributed by atoms with Crippen LogP contribution in [0.1, 0.15) is 11.1 Å². The van der Waals surface area contributed by atoms with Crippen molar-refractivity contribution in [1.82, 2.24) is 0 Å². The van der Waals surface area contributed by atoms with Gasteiger partial charge in [0.15, 0.2) is 0 Å². The Hall–Kier alpha value is -1.10. The standard InChI is InChI=1S/C16H18ClO4PS/c1-18-15-7-3-13(4-8-15)11-20-22(17,23)21-12-14-5-9-16(19-2)10-6-14/h3-10H,11-12H2,1-2H3. The van der Waals surface area contributed by atoms with Crippen LogP contribution in [0, 0.1) is 0 Å². The van der Waals surface area contributed by atoms with Gasteiger partial charge in [0, 0.05) is 0 Å². The monoisotopic (exact) mass is 372 g/mol. The maximum absolute atomic E-state index is 6.19. The maximum atomic E-state index is 6.19. The van der Waals surface area contributed by atoms with Gasteiger partial charge in [-0.1, -0.05) is 24.3 Å². The predicted octanol–water partition coefficient (Wildman–Crippen LogP) is 4.90. The third-order valence-electron chi connectivity index (χ3n) is 3.09. The second-order valence-corrected chi connectivity index (χ2v) is 9.43. The molecule has 0 radical (unpaired) electrons. The van der Waals surface area contributed by atoms with Crippen LogP contribution in [0.2, 0.25) is 0 Å². The first-order valence-electron chi connectivity index (χ1n) is 6.87. The lowest BCUT2D eigenvalue weighted by atomic mass is 10.2. The lowest BCUT2D eigenvalue weighted by Gasteiger charge is -2.15. The van der Waals surface area contributed by atoms with Gasteiger partial charge >= 0.3 is 0 Å². The molecule has 0 N–H and O–H groups in total. The van der Waals surface area contributed by atoms with E-state index in [9.17, 15) is 0 Å². The molecule has 0 aliphatic rings. The van der Waals surface area contributed by atoms with E-state index in [1.165, 1.54) is 0 Å². The average molecular weight is 373 g/mol. The molecule has 2 aromatic carbocycles. The molecule has 7 heteroatoms. The van der Waals surface area contributed by atoms with Crippen LogP contribution in [0.25, 0.3) is 0 Å². The lowest BCUT2D eigenvalue weighted by Crippen LogP contribution is -1.94. The van der Waals surface area contributed by atoms with Gasteiger partial charge in [-0.25, -0.2) is 0 Å². The number of hydrogen-bond donors (Lipinski definition) is 0. The van der Waals surface area contributed by atoms with Crippen molar-refractivity contribution in [2.24, 2.45) is 0 Å². The summed E-state index contributed by atoms with van der Waals surface area (Å²) in [5.74, 6) is -1.24. The van der Waals surface area contributed by atoms with Crippen LogP contribution in [-0.2, 0) is 34.1 Å². The average Bonchev–Trinajstić information content (AvgIpc) is 2.59. The van der Waals surface area contributed by atoms with Crippen molar-refractivity contribution in [3.63, 3.8) is 0 Å². The molecule has 0 aliphatic carbocycles. The Labute approximate surface area is 146 Å². The summed E-state index contributed by atoms with van der Waals surface area (Å²) in [7, 11) is 3.24. The van der Waals surface area contributed by atoms with Gasteiger partial charge in [0.05, 0.1) is 27.4 Å². The number of halogens is 1. The van der Waals surface area contributed by atoms with Gasteiger partial charge < -0.3 is 18.5 Å². The molecule has 0 saturated heterocycles. The van der Waals surface area contributed by atoms with Gasteiger partial charge in [-0.15, -0.1) is 0 Å². The molecule has 4 nitrogen and oxygen atoms in total. The van der Waals surface area contributed by atoms with Gasteiger partial charge in [0.2, 0.25) is 0 Å². The summed E-state index contributed by atoms with van der Waals surface area (Å²) in [5, 5.41) is 0. The van der Waals surface area contributed by atoms with Crippen LogP contribution in [0.5, 0.6) is 11.5 Å². The molecule has 0 heterocycles. The SMILES string of the molecule is COc1ccc(COP(=S)(Cl)OCc2ccc(OC)cc2)cc1. The number of hydrogen-bond acceptors (Lipinski definition) is 5. The second kappa shape index (κ2) is 8.67. The van der Waals surface area contributed by atoms with Crippen molar-refractivity contribution in [2.75, 3.05) is 14.2 Å². The Morgan fingerprint density at radius 3 is 1.43 bits per heavy atom. The Morgan fingerprint density at radius 2 is 1.13 bits per heavy atom. The minimum Gasteiger partial charge on any atom is -0.497 e. The van der Waals surface area contributed by atoms with E-state index in [0.717, 1.165) is 22.6 Å². The first kappa shape index (κ1) is 18.2. The fourth-order valence-corrected chi connectivity index (χ4v) is 3.07. The molecule has 23 heavy (non-hydrogen) atoms. The van der Waals surface area contributed by atoms with E-state index in [0.29, 0.717) is 13.2 Å². The smallest absolute Gasteiger partial charge is 0.282 e. The largest absolute Gasteiger partial charge is 0.497 e. The highest BCUT2D eigenvalue weighted by molar-refractivity contribution is 8.22. The van der Waals surface area contributed by atoms with Gasteiger partial charge in [-0.2, -0.15) is 0 Å². The van der Waals surface area contributed by atoms with Crippen LogP contribution in [0.3, 0.4) is 0 Å². The molecule has 0 aliphatic heterocycles. The molecule has 2 aromatic rings. The van der Waals surface area contributed by atoms with E-state index >= 15 is 0 Å². The van der Waals surface area contributed by atoms with Crippen LogP contribution in [0.4, 0.5) is 0 Å². The summed E-state index contributed by atoms with van der Waals surface area (Å²) in [6.45, 7) is 0.598. The van der Waals surface area contributed by atoms with E-state index < -0.39 is 5.84 Å². The van der Waals surface area contributed by atoms with Gasteiger partial charge in [-0.3, -0.25) is 0 Å². The zero-order chi connectivity index (χ0) is 16.7. The number of ether oxygens (including phenoxy) is 2. The Bertz CT molecular complexity index is 605. The van der Waals surface area contributed by atoms with Crippen molar-refractivity contribution in [3.05, 3.63) is 59.7 Å². The molecule has 0 spiro atoms. The summed E-state index contributed by atoms with van der Waals surface area (Å²) in [6.07, 6.45) is 0. The first-order valence-corrected chi connectivity index (χ1v) is 10.4. The molecule has 124 valence electrons. The zero-order valence-corrected chi connectivity index (χ0v) is 15.4. The number of benzene rings is 2. The van der Waals surface area contributed by atoms with E-state index in [-0.39, 0.29) is 0 Å². The molecule has 0 amide bonds. The Morgan fingerprint density at radius 1 is 0.783 bits per heavy atom. The van der Waals surface area contributed by atoms with Crippen LogP contribution in [0.15, 0.2) is 48.5 Å². The highest BCUT2D eigenvalue weighted by atomic mass is 35.7. The Balaban J connectivity index is 1.84. The third kappa shape index (κ3) is 6.13. The molecule has 0 bridgehead atoms. The molecule has 0 fully saturated rings. The summed E-state index contributed by atoms with van der Waals surface area (Å²) in [6, 6.07) is 15.0. The van der Waals surface area contributed by atoms with Crippen molar-refractivity contribution in [3.8, 4) is 11.5 Å². The van der Waals surface area contributed by atoms with Gasteiger partial charge in [0.1, 0.15) is 11.5 Å². The molecule has 0 atom stereocenters. The van der Waals surface area contributed by atoms with Crippen LogP contribution in [-0.4, -0.2) is 14.2 Å². The summed E-state index contributed by atoms with van der Waals surface area (Å²) in [4.78, 5) is 0. The molecule has 0 unspecified atom stereocenters. The third-order valence-corrected chi connectivity index (χ3v) is 5.18. The maximum Gasteiger partial charge on any atom is 0.282 e. The summed E-state index contributed by atoms with van der Waals surface area (Å²) >= 11 is 11.4. The molecule has 0 aromatic heterocycles. The van der Waals surface area contributed by atoms with Crippen LogP contribution < -0.4 is 9.47 Å². The minimum absolute atomic E-state index is 0.299. The molecule has 2 rings (SSSR count). The van der Waals surface area contributed by atoms with Gasteiger partial charge in [0.25, 0.3) is 5.84 Å². The highest BCUT2D eigenvalue weighted by Gasteiger charge is 2.15. The van der Waals surface area contributed by atoms with E-state index in [1.807, 2.05) is 48.5 Å². The lowest BCUT2D eigenvalue weighted by molar-refractivity contribution is 0.244. The normalized spacial score (nSPS) is 11.3. The summed E-state index contributed by atoms with van der Waals surface area (Å²) < 4.78 is 21.3. The minimum atomic E-state index is -2.82. The fourth-order valence-electron chi connectivity index (χ4n) is 1.78. The highest BCUT2D eigenvalue weighted by Crippen LogP contribution is 2.55. The topological polar surface area (TPSA) is 36.9 Å². The molecular weight excluding hydrogens is 355 g/mol. The van der Waals surface area contributed by atoms with E-state index in [2.05, 4.69) is 0 Å². The first-order chi connectivity index (χ1) is 11.0. The number of methoxy groups -OCH3 is 2. The van der Waals surface area contributed by atoms with E-state index in [4.69, 9.17) is 41.6 Å². The van der Waals surface area contributed by atoms with Crippen molar-refractivity contribution >= 4 is 28.9 Å².